The summed E-state index contributed by atoms with van der Waals surface area (Å²) in [4.78, 5) is -0.216. The summed E-state index contributed by atoms with van der Waals surface area (Å²) in [7, 11) is -2.39. The number of nitrogens with one attached hydrogen (secondary N) is 1. The van der Waals surface area contributed by atoms with Crippen LogP contribution in [0.2, 0.25) is 0 Å². The van der Waals surface area contributed by atoms with Crippen LogP contribution in [0, 0.1) is 6.92 Å². The molecule has 3 rings (SSSR count). The lowest BCUT2D eigenvalue weighted by Crippen LogP contribution is -2.31. The van der Waals surface area contributed by atoms with E-state index in [0.717, 1.165) is 24.3 Å². The predicted octanol–water partition coefficient (Wildman–Crippen LogP) is 3.09. The molecule has 0 aliphatic carbocycles. The molecule has 0 amide bonds. The average Bonchev–Trinajstić information content (AvgIpc) is 2.98. The standard InChI is InChI=1S/C18H17F3N4O3S/c1-12-22-23-17(25(12)2)16(13-6-4-3-5-7-13)24-29(26,27)15-10-8-14(9-11-15)28-18(19,20)21/h3-11,16,24H,1-2H3. The number of hydrogen-bond donors (Lipinski definition) is 1. The van der Waals surface area contributed by atoms with E-state index < -0.39 is 28.2 Å². The van der Waals surface area contributed by atoms with E-state index in [1.54, 1.807) is 48.9 Å². The van der Waals surface area contributed by atoms with Gasteiger partial charge in [0.25, 0.3) is 0 Å². The van der Waals surface area contributed by atoms with Gasteiger partial charge in [0.2, 0.25) is 10.0 Å². The second-order valence-corrected chi connectivity index (χ2v) is 7.86. The van der Waals surface area contributed by atoms with Gasteiger partial charge >= 0.3 is 6.36 Å². The Kier molecular flexibility index (Phi) is 5.62. The van der Waals surface area contributed by atoms with Crippen molar-refractivity contribution < 1.29 is 26.3 Å². The molecule has 7 nitrogen and oxygen atoms in total. The summed E-state index contributed by atoms with van der Waals surface area (Å²) in [5.41, 5.74) is 0.628. The van der Waals surface area contributed by atoms with Crippen LogP contribution >= 0.6 is 0 Å². The molecule has 0 saturated heterocycles. The quantitative estimate of drug-likeness (QED) is 0.655. The normalized spacial score (nSPS) is 13.3. The zero-order chi connectivity index (χ0) is 21.2. The Morgan fingerprint density at radius 3 is 2.17 bits per heavy atom. The van der Waals surface area contributed by atoms with Crippen LogP contribution in [0.4, 0.5) is 13.2 Å². The van der Waals surface area contributed by atoms with Crippen molar-refractivity contribution >= 4 is 10.0 Å². The van der Waals surface area contributed by atoms with Gasteiger partial charge in [0.05, 0.1) is 4.90 Å². The number of nitrogens with zero attached hydrogens (tertiary/aromatic N) is 3. The van der Waals surface area contributed by atoms with E-state index in [1.807, 2.05) is 0 Å². The number of aromatic nitrogens is 3. The summed E-state index contributed by atoms with van der Waals surface area (Å²) in [5.74, 6) is 0.447. The number of halogens is 3. The van der Waals surface area contributed by atoms with Gasteiger partial charge in [0.1, 0.15) is 17.6 Å². The van der Waals surface area contributed by atoms with Gasteiger partial charge in [-0.3, -0.25) is 0 Å². The van der Waals surface area contributed by atoms with Gasteiger partial charge in [0, 0.05) is 7.05 Å². The van der Waals surface area contributed by atoms with Gasteiger partial charge in [-0.1, -0.05) is 30.3 Å². The smallest absolute Gasteiger partial charge is 0.406 e. The molecule has 0 radical (unpaired) electrons. The van der Waals surface area contributed by atoms with Gasteiger partial charge in [-0.2, -0.15) is 4.72 Å². The Labute approximate surface area is 165 Å². The molecule has 29 heavy (non-hydrogen) atoms. The summed E-state index contributed by atoms with van der Waals surface area (Å²) in [6.07, 6.45) is -4.86. The molecular formula is C18H17F3N4O3S. The van der Waals surface area contributed by atoms with Crippen molar-refractivity contribution in [1.29, 1.82) is 0 Å². The van der Waals surface area contributed by atoms with E-state index in [9.17, 15) is 21.6 Å². The number of hydrogen-bond acceptors (Lipinski definition) is 5. The first-order valence-electron chi connectivity index (χ1n) is 8.36. The molecule has 1 unspecified atom stereocenters. The van der Waals surface area contributed by atoms with E-state index >= 15 is 0 Å². The van der Waals surface area contributed by atoms with Gasteiger partial charge in [-0.05, 0) is 36.8 Å². The van der Waals surface area contributed by atoms with Crippen molar-refractivity contribution in [1.82, 2.24) is 19.5 Å². The van der Waals surface area contributed by atoms with E-state index in [-0.39, 0.29) is 4.90 Å². The third-order valence-electron chi connectivity index (χ3n) is 4.16. The molecular weight excluding hydrogens is 409 g/mol. The molecule has 1 atom stereocenters. The number of benzene rings is 2. The highest BCUT2D eigenvalue weighted by Gasteiger charge is 2.31. The molecule has 1 aromatic heterocycles. The first-order chi connectivity index (χ1) is 13.6. The third-order valence-corrected chi connectivity index (χ3v) is 5.60. The molecule has 0 saturated carbocycles. The fourth-order valence-corrected chi connectivity index (χ4v) is 3.82. The molecule has 0 bridgehead atoms. The molecule has 0 aliphatic rings. The van der Waals surface area contributed by atoms with E-state index in [1.165, 1.54) is 0 Å². The molecule has 2 aromatic carbocycles. The lowest BCUT2D eigenvalue weighted by atomic mass is 10.1. The minimum absolute atomic E-state index is 0.216. The fraction of sp³-hybridized carbons (Fsp3) is 0.222. The van der Waals surface area contributed by atoms with Crippen LogP contribution in [0.25, 0.3) is 0 Å². The third kappa shape index (κ3) is 4.93. The van der Waals surface area contributed by atoms with Gasteiger partial charge in [-0.25, -0.2) is 8.42 Å². The van der Waals surface area contributed by atoms with Crippen LogP contribution in [-0.2, 0) is 17.1 Å². The predicted molar refractivity (Wildman–Crippen MR) is 97.5 cm³/mol. The second kappa shape index (κ2) is 7.84. The Balaban J connectivity index is 1.93. The molecule has 1 heterocycles. The Morgan fingerprint density at radius 1 is 1.03 bits per heavy atom. The highest BCUT2D eigenvalue weighted by Crippen LogP contribution is 2.26. The van der Waals surface area contributed by atoms with Gasteiger partial charge in [0.15, 0.2) is 5.82 Å². The van der Waals surface area contributed by atoms with Gasteiger partial charge in [-0.15, -0.1) is 23.4 Å². The SMILES string of the molecule is Cc1nnc(C(NS(=O)(=O)c2ccc(OC(F)(F)F)cc2)c2ccccc2)n1C. The minimum Gasteiger partial charge on any atom is -0.406 e. The summed E-state index contributed by atoms with van der Waals surface area (Å²) >= 11 is 0. The summed E-state index contributed by atoms with van der Waals surface area (Å²) in [5, 5.41) is 8.03. The number of alkyl halides is 3. The summed E-state index contributed by atoms with van der Waals surface area (Å²) < 4.78 is 70.6. The van der Waals surface area contributed by atoms with Crippen molar-refractivity contribution in [2.75, 3.05) is 0 Å². The Bertz CT molecular complexity index is 1080. The largest absolute Gasteiger partial charge is 0.573 e. The average molecular weight is 426 g/mol. The number of rotatable bonds is 6. The van der Waals surface area contributed by atoms with Crippen molar-refractivity contribution in [3.05, 3.63) is 71.8 Å². The highest BCUT2D eigenvalue weighted by atomic mass is 32.2. The maximum atomic E-state index is 12.9. The first kappa shape index (κ1) is 20.8. The van der Waals surface area contributed by atoms with E-state index in [4.69, 9.17) is 0 Å². The first-order valence-corrected chi connectivity index (χ1v) is 9.84. The zero-order valence-corrected chi connectivity index (χ0v) is 16.2. The number of ether oxygens (including phenoxy) is 1. The molecule has 0 spiro atoms. The van der Waals surface area contributed by atoms with Crippen LogP contribution in [0.15, 0.2) is 59.5 Å². The Morgan fingerprint density at radius 2 is 1.66 bits per heavy atom. The van der Waals surface area contributed by atoms with Crippen molar-refractivity contribution in [2.45, 2.75) is 24.2 Å². The molecule has 3 aromatic rings. The van der Waals surface area contributed by atoms with Crippen LogP contribution in [0.5, 0.6) is 5.75 Å². The van der Waals surface area contributed by atoms with E-state index in [0.29, 0.717) is 17.2 Å². The summed E-state index contributed by atoms with van der Waals surface area (Å²) in [6.45, 7) is 1.73. The molecule has 154 valence electrons. The highest BCUT2D eigenvalue weighted by molar-refractivity contribution is 7.89. The van der Waals surface area contributed by atoms with Crippen LogP contribution < -0.4 is 9.46 Å². The van der Waals surface area contributed by atoms with Crippen LogP contribution in [0.1, 0.15) is 23.3 Å². The maximum Gasteiger partial charge on any atom is 0.573 e. The number of sulfonamides is 1. The minimum atomic E-state index is -4.86. The molecule has 0 fully saturated rings. The van der Waals surface area contributed by atoms with Crippen LogP contribution in [0.3, 0.4) is 0 Å². The monoisotopic (exact) mass is 426 g/mol. The fourth-order valence-electron chi connectivity index (χ4n) is 2.63. The zero-order valence-electron chi connectivity index (χ0n) is 15.4. The number of aryl methyl sites for hydroxylation is 1. The topological polar surface area (TPSA) is 86.1 Å². The lowest BCUT2D eigenvalue weighted by molar-refractivity contribution is -0.274. The van der Waals surface area contributed by atoms with E-state index in [2.05, 4.69) is 19.7 Å². The second-order valence-electron chi connectivity index (χ2n) is 6.15. The molecule has 11 heteroatoms. The molecule has 0 aliphatic heterocycles. The lowest BCUT2D eigenvalue weighted by Gasteiger charge is -2.19. The Hall–Kier alpha value is -2.92. The van der Waals surface area contributed by atoms with Gasteiger partial charge < -0.3 is 9.30 Å². The maximum absolute atomic E-state index is 12.9. The van der Waals surface area contributed by atoms with Crippen molar-refractivity contribution in [2.24, 2.45) is 7.05 Å². The molecule has 1 N–H and O–H groups in total. The van der Waals surface area contributed by atoms with Crippen molar-refractivity contribution in [3.8, 4) is 5.75 Å². The van der Waals surface area contributed by atoms with Crippen molar-refractivity contribution in [3.63, 3.8) is 0 Å². The van der Waals surface area contributed by atoms with Crippen LogP contribution in [-0.4, -0.2) is 29.5 Å². The summed E-state index contributed by atoms with van der Waals surface area (Å²) in [6, 6.07) is 11.9.